The summed E-state index contributed by atoms with van der Waals surface area (Å²) in [6, 6.07) is 7.26. The summed E-state index contributed by atoms with van der Waals surface area (Å²) >= 11 is 0. The number of amides is 2. The van der Waals surface area contributed by atoms with Crippen LogP contribution < -0.4 is 15.4 Å². The molecule has 0 spiro atoms. The molecule has 0 bridgehead atoms. The second kappa shape index (κ2) is 8.52. The van der Waals surface area contributed by atoms with Gasteiger partial charge in [-0.15, -0.1) is 0 Å². The first-order valence-electron chi connectivity index (χ1n) is 7.64. The molecule has 2 N–H and O–H groups in total. The van der Waals surface area contributed by atoms with Crippen molar-refractivity contribution < 1.29 is 14.3 Å². The molecule has 1 aliphatic rings. The number of ether oxygens (including phenoxy) is 2. The van der Waals surface area contributed by atoms with Crippen molar-refractivity contribution in [2.45, 2.75) is 26.2 Å². The van der Waals surface area contributed by atoms with Crippen LogP contribution in [0.25, 0.3) is 0 Å². The lowest BCUT2D eigenvalue weighted by Crippen LogP contribution is -2.31. The largest absolute Gasteiger partial charge is 0.492 e. The van der Waals surface area contributed by atoms with Crippen LogP contribution in [-0.2, 0) is 4.74 Å². The van der Waals surface area contributed by atoms with E-state index in [1.165, 1.54) is 0 Å². The normalized spacial score (nSPS) is 15.5. The van der Waals surface area contributed by atoms with E-state index in [1.54, 1.807) is 0 Å². The van der Waals surface area contributed by atoms with Gasteiger partial charge in [0.25, 0.3) is 0 Å². The molecule has 1 aromatic rings. The Morgan fingerprint density at radius 2 is 2.10 bits per heavy atom. The van der Waals surface area contributed by atoms with Crippen LogP contribution in [0.4, 0.5) is 10.5 Å². The van der Waals surface area contributed by atoms with E-state index in [1.807, 2.05) is 31.2 Å². The Kier molecular flexibility index (Phi) is 6.34. The second-order valence-corrected chi connectivity index (χ2v) is 5.15. The summed E-state index contributed by atoms with van der Waals surface area (Å²) in [5, 5.41) is 5.73. The van der Waals surface area contributed by atoms with Crippen molar-refractivity contribution in [3.05, 3.63) is 24.3 Å². The van der Waals surface area contributed by atoms with Crippen LogP contribution in [0.2, 0.25) is 0 Å². The molecule has 1 aromatic carbocycles. The van der Waals surface area contributed by atoms with Gasteiger partial charge in [-0.05, 0) is 44.2 Å². The summed E-state index contributed by atoms with van der Waals surface area (Å²) in [6.45, 7) is 4.87. The van der Waals surface area contributed by atoms with Gasteiger partial charge in [-0.2, -0.15) is 0 Å². The van der Waals surface area contributed by atoms with Crippen LogP contribution in [0.15, 0.2) is 24.3 Å². The number of para-hydroxylation sites is 2. The Morgan fingerprint density at radius 3 is 2.86 bits per heavy atom. The highest BCUT2D eigenvalue weighted by atomic mass is 16.5. The quantitative estimate of drug-likeness (QED) is 0.847. The Morgan fingerprint density at radius 1 is 1.33 bits per heavy atom. The van der Waals surface area contributed by atoms with Gasteiger partial charge >= 0.3 is 6.03 Å². The number of rotatable bonds is 6. The molecule has 0 atom stereocenters. The number of benzene rings is 1. The molecule has 0 aromatic heterocycles. The maximum absolute atomic E-state index is 11.9. The number of hydrogen-bond acceptors (Lipinski definition) is 3. The molecule has 1 aliphatic heterocycles. The van der Waals surface area contributed by atoms with E-state index in [0.29, 0.717) is 30.5 Å². The van der Waals surface area contributed by atoms with Gasteiger partial charge < -0.3 is 20.1 Å². The fraction of sp³-hybridized carbons (Fsp3) is 0.562. The van der Waals surface area contributed by atoms with Crippen molar-refractivity contribution in [1.82, 2.24) is 5.32 Å². The van der Waals surface area contributed by atoms with E-state index in [4.69, 9.17) is 9.47 Å². The first-order valence-corrected chi connectivity index (χ1v) is 7.64. The lowest BCUT2D eigenvalue weighted by Gasteiger charge is -2.22. The second-order valence-electron chi connectivity index (χ2n) is 5.15. The maximum Gasteiger partial charge on any atom is 0.319 e. The summed E-state index contributed by atoms with van der Waals surface area (Å²) in [5.74, 6) is 1.36. The highest BCUT2D eigenvalue weighted by Crippen LogP contribution is 2.23. The number of carbonyl (C=O) groups is 1. The van der Waals surface area contributed by atoms with E-state index in [0.717, 1.165) is 32.5 Å². The van der Waals surface area contributed by atoms with E-state index in [2.05, 4.69) is 10.6 Å². The fourth-order valence-electron chi connectivity index (χ4n) is 2.44. The zero-order valence-electron chi connectivity index (χ0n) is 12.6. The maximum atomic E-state index is 11.9. The van der Waals surface area contributed by atoms with Crippen molar-refractivity contribution in [1.29, 1.82) is 0 Å². The third-order valence-electron chi connectivity index (χ3n) is 3.61. The minimum absolute atomic E-state index is 0.186. The van der Waals surface area contributed by atoms with Crippen LogP contribution in [0, 0.1) is 5.92 Å². The lowest BCUT2D eigenvalue weighted by molar-refractivity contribution is 0.0642. The summed E-state index contributed by atoms with van der Waals surface area (Å²) < 4.78 is 10.8. The summed E-state index contributed by atoms with van der Waals surface area (Å²) in [7, 11) is 0. The molecule has 5 nitrogen and oxygen atoms in total. The zero-order valence-corrected chi connectivity index (χ0v) is 12.6. The fourth-order valence-corrected chi connectivity index (χ4v) is 2.44. The predicted molar refractivity (Wildman–Crippen MR) is 82.8 cm³/mol. The van der Waals surface area contributed by atoms with Gasteiger partial charge in [0.1, 0.15) is 5.75 Å². The van der Waals surface area contributed by atoms with E-state index in [-0.39, 0.29) is 6.03 Å². The molecule has 5 heteroatoms. The lowest BCUT2D eigenvalue weighted by atomic mass is 9.97. The highest BCUT2D eigenvalue weighted by molar-refractivity contribution is 5.90. The minimum Gasteiger partial charge on any atom is -0.492 e. The first kappa shape index (κ1) is 15.6. The Labute approximate surface area is 126 Å². The monoisotopic (exact) mass is 292 g/mol. The number of nitrogens with one attached hydrogen (secondary N) is 2. The average Bonchev–Trinajstić information content (AvgIpc) is 2.50. The van der Waals surface area contributed by atoms with E-state index < -0.39 is 0 Å². The number of hydrogen-bond donors (Lipinski definition) is 2. The Balaban J connectivity index is 1.73. The third kappa shape index (κ3) is 5.27. The smallest absolute Gasteiger partial charge is 0.319 e. The van der Waals surface area contributed by atoms with Crippen molar-refractivity contribution in [3.8, 4) is 5.75 Å². The molecule has 1 fully saturated rings. The van der Waals surface area contributed by atoms with Gasteiger partial charge in [-0.25, -0.2) is 4.79 Å². The van der Waals surface area contributed by atoms with Crippen molar-refractivity contribution in [2.24, 2.45) is 5.92 Å². The molecule has 21 heavy (non-hydrogen) atoms. The van der Waals surface area contributed by atoms with E-state index >= 15 is 0 Å². The molecule has 2 amide bonds. The van der Waals surface area contributed by atoms with Crippen LogP contribution in [0.5, 0.6) is 5.75 Å². The van der Waals surface area contributed by atoms with Gasteiger partial charge in [0.2, 0.25) is 0 Å². The van der Waals surface area contributed by atoms with Crippen LogP contribution in [0.1, 0.15) is 26.2 Å². The Bertz CT molecular complexity index is 445. The molecular formula is C16H24N2O3. The van der Waals surface area contributed by atoms with Crippen molar-refractivity contribution in [2.75, 3.05) is 31.7 Å². The summed E-state index contributed by atoms with van der Waals surface area (Å²) in [4.78, 5) is 11.9. The molecule has 0 unspecified atom stereocenters. The number of anilines is 1. The predicted octanol–water partition coefficient (Wildman–Crippen LogP) is 3.02. The first-order chi connectivity index (χ1) is 10.3. The molecular weight excluding hydrogens is 268 g/mol. The Hall–Kier alpha value is -1.75. The standard InChI is InChI=1S/C16H24N2O3/c1-2-21-15-6-4-3-5-14(15)18-16(19)17-10-7-13-8-11-20-12-9-13/h3-6,13H,2,7-12H2,1H3,(H2,17,18,19). The molecule has 1 heterocycles. The summed E-state index contributed by atoms with van der Waals surface area (Å²) in [6.07, 6.45) is 3.19. The highest BCUT2D eigenvalue weighted by Gasteiger charge is 2.14. The molecule has 0 aliphatic carbocycles. The van der Waals surface area contributed by atoms with Gasteiger partial charge in [0.05, 0.1) is 12.3 Å². The number of urea groups is 1. The van der Waals surface area contributed by atoms with Crippen LogP contribution >= 0.6 is 0 Å². The minimum atomic E-state index is -0.186. The molecule has 0 saturated carbocycles. The average molecular weight is 292 g/mol. The van der Waals surface area contributed by atoms with Gasteiger partial charge in [-0.1, -0.05) is 12.1 Å². The molecule has 1 saturated heterocycles. The third-order valence-corrected chi connectivity index (χ3v) is 3.61. The van der Waals surface area contributed by atoms with Gasteiger partial charge in [0, 0.05) is 19.8 Å². The van der Waals surface area contributed by atoms with Crippen molar-refractivity contribution in [3.63, 3.8) is 0 Å². The molecule has 116 valence electrons. The zero-order chi connectivity index (χ0) is 14.9. The topological polar surface area (TPSA) is 59.6 Å². The van der Waals surface area contributed by atoms with Gasteiger partial charge in [0.15, 0.2) is 0 Å². The SMILES string of the molecule is CCOc1ccccc1NC(=O)NCCC1CCOCC1. The van der Waals surface area contributed by atoms with Crippen LogP contribution in [-0.4, -0.2) is 32.4 Å². The molecule has 0 radical (unpaired) electrons. The van der Waals surface area contributed by atoms with Gasteiger partial charge in [-0.3, -0.25) is 0 Å². The van der Waals surface area contributed by atoms with E-state index in [9.17, 15) is 4.79 Å². The van der Waals surface area contributed by atoms with Crippen LogP contribution in [0.3, 0.4) is 0 Å². The molecule has 2 rings (SSSR count). The van der Waals surface area contributed by atoms with Crippen molar-refractivity contribution >= 4 is 11.7 Å². The number of carbonyl (C=O) groups excluding carboxylic acids is 1. The summed E-state index contributed by atoms with van der Waals surface area (Å²) in [5.41, 5.74) is 0.697.